The van der Waals surface area contributed by atoms with Crippen LogP contribution >= 0.6 is 11.6 Å². The number of aromatic nitrogens is 2. The number of hydrogen-bond donors (Lipinski definition) is 0. The standard InChI is InChI=1S/C17H13ClN2O/c1-10-3-2-4-13-15(10)16(18)20-17(19-13)12-5-6-14-11(9-12)7-8-21-14/h2-6,9H,7-8H2,1H3. The summed E-state index contributed by atoms with van der Waals surface area (Å²) in [5.41, 5.74) is 4.15. The van der Waals surface area contributed by atoms with Crippen molar-refractivity contribution in [2.75, 3.05) is 6.61 Å². The van der Waals surface area contributed by atoms with Crippen molar-refractivity contribution in [1.82, 2.24) is 9.97 Å². The maximum absolute atomic E-state index is 6.36. The molecular weight excluding hydrogens is 284 g/mol. The number of aryl methyl sites for hydroxylation is 1. The van der Waals surface area contributed by atoms with Crippen LogP contribution in [0, 0.1) is 6.92 Å². The minimum absolute atomic E-state index is 0.504. The first-order valence-electron chi connectivity index (χ1n) is 6.91. The highest BCUT2D eigenvalue weighted by Gasteiger charge is 2.15. The average molecular weight is 297 g/mol. The minimum atomic E-state index is 0.504. The van der Waals surface area contributed by atoms with Crippen molar-refractivity contribution in [3.63, 3.8) is 0 Å². The lowest BCUT2D eigenvalue weighted by molar-refractivity contribution is 0.357. The van der Waals surface area contributed by atoms with E-state index in [2.05, 4.69) is 16.0 Å². The fraction of sp³-hybridized carbons (Fsp3) is 0.176. The van der Waals surface area contributed by atoms with Crippen LogP contribution in [0.1, 0.15) is 11.1 Å². The molecule has 3 nitrogen and oxygen atoms in total. The molecule has 1 aliphatic rings. The Morgan fingerprint density at radius 1 is 1.14 bits per heavy atom. The molecule has 0 radical (unpaired) electrons. The van der Waals surface area contributed by atoms with Crippen LogP contribution in [-0.2, 0) is 6.42 Å². The van der Waals surface area contributed by atoms with Gasteiger partial charge in [0.25, 0.3) is 0 Å². The fourth-order valence-electron chi connectivity index (χ4n) is 2.76. The Morgan fingerprint density at radius 2 is 2.05 bits per heavy atom. The van der Waals surface area contributed by atoms with Gasteiger partial charge in [0.1, 0.15) is 10.9 Å². The molecular formula is C17H13ClN2O. The zero-order valence-electron chi connectivity index (χ0n) is 11.6. The van der Waals surface area contributed by atoms with Crippen molar-refractivity contribution in [3.05, 3.63) is 52.7 Å². The number of ether oxygens (including phenoxy) is 1. The molecule has 0 amide bonds. The normalized spacial score (nSPS) is 13.2. The maximum atomic E-state index is 6.36. The Kier molecular flexibility index (Phi) is 2.82. The van der Waals surface area contributed by atoms with Gasteiger partial charge in [0.05, 0.1) is 12.1 Å². The molecule has 0 aliphatic carbocycles. The van der Waals surface area contributed by atoms with Gasteiger partial charge >= 0.3 is 0 Å². The van der Waals surface area contributed by atoms with Gasteiger partial charge in [-0.3, -0.25) is 0 Å². The smallest absolute Gasteiger partial charge is 0.161 e. The molecule has 0 fully saturated rings. The van der Waals surface area contributed by atoms with Crippen molar-refractivity contribution < 1.29 is 4.74 Å². The van der Waals surface area contributed by atoms with Crippen LogP contribution in [0.25, 0.3) is 22.3 Å². The first kappa shape index (κ1) is 12.6. The summed E-state index contributed by atoms with van der Waals surface area (Å²) in [6, 6.07) is 12.0. The van der Waals surface area contributed by atoms with E-state index >= 15 is 0 Å². The van der Waals surface area contributed by atoms with Crippen LogP contribution in [-0.4, -0.2) is 16.6 Å². The molecule has 4 heteroatoms. The molecule has 0 atom stereocenters. The predicted octanol–water partition coefficient (Wildman–Crippen LogP) is 4.19. The van der Waals surface area contributed by atoms with Crippen LogP contribution < -0.4 is 4.74 Å². The van der Waals surface area contributed by atoms with Crippen LogP contribution in [0.2, 0.25) is 5.15 Å². The van der Waals surface area contributed by atoms with Gasteiger partial charge in [0, 0.05) is 17.4 Å². The Morgan fingerprint density at radius 3 is 2.95 bits per heavy atom. The third kappa shape index (κ3) is 2.05. The maximum Gasteiger partial charge on any atom is 0.161 e. The van der Waals surface area contributed by atoms with Crippen molar-refractivity contribution in [2.45, 2.75) is 13.3 Å². The minimum Gasteiger partial charge on any atom is -0.493 e. The van der Waals surface area contributed by atoms with E-state index in [0.29, 0.717) is 11.0 Å². The fourth-order valence-corrected chi connectivity index (χ4v) is 3.08. The highest BCUT2D eigenvalue weighted by atomic mass is 35.5. The number of benzene rings is 2. The van der Waals surface area contributed by atoms with Gasteiger partial charge in [0.2, 0.25) is 0 Å². The van der Waals surface area contributed by atoms with E-state index in [1.165, 1.54) is 5.56 Å². The molecule has 1 aliphatic heterocycles. The lowest BCUT2D eigenvalue weighted by Gasteiger charge is -2.07. The summed E-state index contributed by atoms with van der Waals surface area (Å²) in [7, 11) is 0. The Balaban J connectivity index is 1.91. The zero-order valence-corrected chi connectivity index (χ0v) is 12.3. The van der Waals surface area contributed by atoms with E-state index in [0.717, 1.165) is 40.8 Å². The highest BCUT2D eigenvalue weighted by molar-refractivity contribution is 6.34. The average Bonchev–Trinajstić information content (AvgIpc) is 2.94. The van der Waals surface area contributed by atoms with Gasteiger partial charge in [-0.1, -0.05) is 23.7 Å². The van der Waals surface area contributed by atoms with Crippen LogP contribution in [0.4, 0.5) is 0 Å². The molecule has 0 saturated carbocycles. The first-order valence-corrected chi connectivity index (χ1v) is 7.29. The topological polar surface area (TPSA) is 35.0 Å². The summed E-state index contributed by atoms with van der Waals surface area (Å²) in [4.78, 5) is 9.13. The number of hydrogen-bond acceptors (Lipinski definition) is 3. The lowest BCUT2D eigenvalue weighted by atomic mass is 10.1. The molecule has 0 N–H and O–H groups in total. The van der Waals surface area contributed by atoms with Crippen LogP contribution in [0.3, 0.4) is 0 Å². The molecule has 1 aromatic heterocycles. The van der Waals surface area contributed by atoms with Crippen LogP contribution in [0.15, 0.2) is 36.4 Å². The first-order chi connectivity index (χ1) is 10.2. The van der Waals surface area contributed by atoms with Crippen molar-refractivity contribution in [2.24, 2.45) is 0 Å². The summed E-state index contributed by atoms with van der Waals surface area (Å²) in [6.45, 7) is 2.77. The van der Waals surface area contributed by atoms with E-state index in [1.54, 1.807) is 0 Å². The second kappa shape index (κ2) is 4.71. The highest BCUT2D eigenvalue weighted by Crippen LogP contribution is 2.31. The van der Waals surface area contributed by atoms with E-state index in [9.17, 15) is 0 Å². The Bertz CT molecular complexity index is 861. The van der Waals surface area contributed by atoms with Crippen LogP contribution in [0.5, 0.6) is 5.75 Å². The molecule has 0 bridgehead atoms. The molecule has 104 valence electrons. The second-order valence-electron chi connectivity index (χ2n) is 5.23. The number of fused-ring (bicyclic) bond motifs is 2. The molecule has 3 aromatic rings. The van der Waals surface area contributed by atoms with E-state index in [4.69, 9.17) is 16.3 Å². The van der Waals surface area contributed by atoms with Gasteiger partial charge in [-0.25, -0.2) is 9.97 Å². The number of rotatable bonds is 1. The molecule has 2 aromatic carbocycles. The van der Waals surface area contributed by atoms with E-state index in [1.807, 2.05) is 37.3 Å². The molecule has 21 heavy (non-hydrogen) atoms. The molecule has 4 rings (SSSR count). The largest absolute Gasteiger partial charge is 0.493 e. The van der Waals surface area contributed by atoms with Gasteiger partial charge in [-0.05, 0) is 42.3 Å². The van der Waals surface area contributed by atoms with Gasteiger partial charge in [0.15, 0.2) is 5.82 Å². The number of nitrogens with zero attached hydrogens (tertiary/aromatic N) is 2. The van der Waals surface area contributed by atoms with E-state index < -0.39 is 0 Å². The molecule has 0 saturated heterocycles. The second-order valence-corrected chi connectivity index (χ2v) is 5.59. The summed E-state index contributed by atoms with van der Waals surface area (Å²) in [5.74, 6) is 1.62. The quantitative estimate of drug-likeness (QED) is 0.631. The Labute approximate surface area is 127 Å². The SMILES string of the molecule is Cc1cccc2nc(-c3ccc4c(c3)CCO4)nc(Cl)c12. The van der Waals surface area contributed by atoms with Gasteiger partial charge in [-0.15, -0.1) is 0 Å². The monoisotopic (exact) mass is 296 g/mol. The van der Waals surface area contributed by atoms with Crippen molar-refractivity contribution in [3.8, 4) is 17.1 Å². The van der Waals surface area contributed by atoms with E-state index in [-0.39, 0.29) is 0 Å². The molecule has 0 spiro atoms. The summed E-state index contributed by atoms with van der Waals surface area (Å²) in [6.07, 6.45) is 0.934. The van der Waals surface area contributed by atoms with Gasteiger partial charge in [-0.2, -0.15) is 0 Å². The van der Waals surface area contributed by atoms with Crippen molar-refractivity contribution in [1.29, 1.82) is 0 Å². The third-order valence-corrected chi connectivity index (χ3v) is 4.11. The summed E-state index contributed by atoms with van der Waals surface area (Å²) in [5, 5.41) is 1.43. The molecule has 0 unspecified atom stereocenters. The Hall–Kier alpha value is -2.13. The summed E-state index contributed by atoms with van der Waals surface area (Å²) < 4.78 is 5.53. The summed E-state index contributed by atoms with van der Waals surface area (Å²) >= 11 is 6.36. The third-order valence-electron chi connectivity index (χ3n) is 3.84. The van der Waals surface area contributed by atoms with Crippen molar-refractivity contribution >= 4 is 22.5 Å². The van der Waals surface area contributed by atoms with Gasteiger partial charge < -0.3 is 4.74 Å². The zero-order chi connectivity index (χ0) is 14.4. The number of halogens is 1. The molecule has 2 heterocycles. The lowest BCUT2D eigenvalue weighted by Crippen LogP contribution is -1.94. The predicted molar refractivity (Wildman–Crippen MR) is 83.9 cm³/mol.